The van der Waals surface area contributed by atoms with Crippen LogP contribution in [-0.2, 0) is 4.79 Å². The molecular weight excluding hydrogens is 446 g/mol. The van der Waals surface area contributed by atoms with Gasteiger partial charge in [-0.1, -0.05) is 29.2 Å². The lowest BCUT2D eigenvalue weighted by Gasteiger charge is -2.56. The summed E-state index contributed by atoms with van der Waals surface area (Å²) >= 11 is 2.62. The summed E-state index contributed by atoms with van der Waals surface area (Å²) in [7, 11) is 1.62. The second-order valence-electron chi connectivity index (χ2n) is 9.22. The highest BCUT2D eigenvalue weighted by Gasteiger charge is 2.51. The lowest BCUT2D eigenvalue weighted by Crippen LogP contribution is -2.61. The number of carbonyl (C=O) groups excluding carboxylic acids is 2. The van der Waals surface area contributed by atoms with Crippen molar-refractivity contribution in [3.05, 3.63) is 24.3 Å². The number of aromatic nitrogens is 2. The van der Waals surface area contributed by atoms with Crippen molar-refractivity contribution in [2.45, 2.75) is 48.4 Å². The number of hydrogen-bond acceptors (Lipinski definition) is 8. The van der Waals surface area contributed by atoms with Gasteiger partial charge >= 0.3 is 6.03 Å². The first kappa shape index (κ1) is 21.5. The zero-order valence-electron chi connectivity index (χ0n) is 17.9. The Bertz CT molecular complexity index is 976. The molecule has 4 aliphatic carbocycles. The molecule has 32 heavy (non-hydrogen) atoms. The van der Waals surface area contributed by atoms with Crippen LogP contribution >= 0.6 is 23.1 Å². The molecule has 2 aromatic rings. The largest absolute Gasteiger partial charge is 0.497 e. The fourth-order valence-electron chi connectivity index (χ4n) is 5.97. The van der Waals surface area contributed by atoms with E-state index < -0.39 is 0 Å². The van der Waals surface area contributed by atoms with Crippen molar-refractivity contribution in [1.29, 1.82) is 0 Å². The molecule has 0 saturated heterocycles. The third-order valence-corrected chi connectivity index (χ3v) is 8.70. The maximum Gasteiger partial charge on any atom is 0.321 e. The van der Waals surface area contributed by atoms with Gasteiger partial charge in [-0.05, 0) is 68.4 Å². The Morgan fingerprint density at radius 3 is 2.56 bits per heavy atom. The van der Waals surface area contributed by atoms with Crippen LogP contribution in [0.5, 0.6) is 5.75 Å². The molecule has 8 nitrogen and oxygen atoms in total. The van der Waals surface area contributed by atoms with Gasteiger partial charge in [-0.3, -0.25) is 10.1 Å². The van der Waals surface area contributed by atoms with E-state index in [4.69, 9.17) is 4.74 Å². The molecule has 4 bridgehead atoms. The van der Waals surface area contributed by atoms with Gasteiger partial charge in [0.2, 0.25) is 11.0 Å². The molecule has 4 aliphatic rings. The van der Waals surface area contributed by atoms with Crippen LogP contribution in [0.2, 0.25) is 0 Å². The highest BCUT2D eigenvalue weighted by atomic mass is 32.2. The molecule has 4 saturated carbocycles. The van der Waals surface area contributed by atoms with Crippen LogP contribution in [0.3, 0.4) is 0 Å². The van der Waals surface area contributed by atoms with E-state index in [-0.39, 0.29) is 23.2 Å². The lowest BCUT2D eigenvalue weighted by molar-refractivity contribution is -0.117. The summed E-state index contributed by atoms with van der Waals surface area (Å²) in [6, 6.07) is 7.16. The number of benzene rings is 1. The maximum atomic E-state index is 12.5. The van der Waals surface area contributed by atoms with Gasteiger partial charge in [0.05, 0.1) is 12.9 Å². The van der Waals surface area contributed by atoms with Crippen molar-refractivity contribution in [2.75, 3.05) is 18.2 Å². The summed E-state index contributed by atoms with van der Waals surface area (Å²) < 4.78 is 5.88. The number of urea groups is 1. The van der Waals surface area contributed by atoms with Crippen LogP contribution in [0, 0.1) is 17.8 Å². The Hall–Kier alpha value is -2.33. The molecule has 0 unspecified atom stereocenters. The second-order valence-corrected chi connectivity index (χ2v) is 11.4. The number of hydrogen-bond donors (Lipinski definition) is 3. The van der Waals surface area contributed by atoms with E-state index in [2.05, 4.69) is 26.1 Å². The average Bonchev–Trinajstić information content (AvgIpc) is 3.18. The number of thioether (sulfide) groups is 1. The van der Waals surface area contributed by atoms with Crippen LogP contribution in [0.4, 0.5) is 15.6 Å². The second kappa shape index (κ2) is 8.90. The molecule has 6 rings (SSSR count). The minimum atomic E-state index is -0.366. The number of imide groups is 1. The highest BCUT2D eigenvalue weighted by molar-refractivity contribution is 8.01. The van der Waals surface area contributed by atoms with Crippen molar-refractivity contribution in [2.24, 2.45) is 17.8 Å². The smallest absolute Gasteiger partial charge is 0.321 e. The van der Waals surface area contributed by atoms with Gasteiger partial charge in [-0.2, -0.15) is 0 Å². The zero-order valence-corrected chi connectivity index (χ0v) is 19.6. The topological polar surface area (TPSA) is 105 Å². The standard InChI is InChI=1S/C22H27N5O3S2/c1-30-17-4-2-3-16(8-17)23-20-26-27-21(32-20)31-12-18(28)24-19(29)25-22-9-13-5-14(10-22)7-15(6-13)11-22/h2-4,8,13-15H,5-7,9-12H2,1H3,(H,23,26)(H2,24,25,28,29). The fourth-order valence-corrected chi connectivity index (χ4v) is 7.54. The van der Waals surface area contributed by atoms with Gasteiger partial charge in [0.25, 0.3) is 0 Å². The molecule has 1 aromatic carbocycles. The monoisotopic (exact) mass is 473 g/mol. The minimum Gasteiger partial charge on any atom is -0.497 e. The number of anilines is 2. The van der Waals surface area contributed by atoms with E-state index in [1.807, 2.05) is 24.3 Å². The number of rotatable bonds is 7. The number of amides is 3. The van der Waals surface area contributed by atoms with E-state index in [0.717, 1.165) is 48.5 Å². The molecule has 3 amide bonds. The fraction of sp³-hybridized carbons (Fsp3) is 0.545. The molecule has 1 heterocycles. The Morgan fingerprint density at radius 1 is 1.16 bits per heavy atom. The van der Waals surface area contributed by atoms with Crippen molar-refractivity contribution >= 4 is 45.9 Å². The van der Waals surface area contributed by atoms with Crippen LogP contribution in [0.15, 0.2) is 28.6 Å². The van der Waals surface area contributed by atoms with Crippen molar-refractivity contribution in [3.63, 3.8) is 0 Å². The summed E-state index contributed by atoms with van der Waals surface area (Å²) in [6.07, 6.45) is 7.12. The molecule has 3 N–H and O–H groups in total. The Kier molecular flexibility index (Phi) is 5.98. The zero-order chi connectivity index (χ0) is 22.1. The predicted octanol–water partition coefficient (Wildman–Crippen LogP) is 4.18. The summed E-state index contributed by atoms with van der Waals surface area (Å²) in [5.41, 5.74) is 0.739. The molecule has 10 heteroatoms. The van der Waals surface area contributed by atoms with Gasteiger partial charge in [-0.15, -0.1) is 10.2 Å². The van der Waals surface area contributed by atoms with Crippen LogP contribution in [0.25, 0.3) is 0 Å². The molecule has 0 radical (unpaired) electrons. The first-order valence-corrected chi connectivity index (χ1v) is 12.8. The average molecular weight is 474 g/mol. The van der Waals surface area contributed by atoms with E-state index in [9.17, 15) is 9.59 Å². The molecule has 0 aliphatic heterocycles. The van der Waals surface area contributed by atoms with Gasteiger partial charge in [0.1, 0.15) is 5.75 Å². The molecule has 4 fully saturated rings. The van der Waals surface area contributed by atoms with Gasteiger partial charge in [0, 0.05) is 17.3 Å². The summed E-state index contributed by atoms with van der Waals surface area (Å²) in [6.45, 7) is 0. The Balaban J connectivity index is 1.09. The molecular formula is C22H27N5O3S2. The van der Waals surface area contributed by atoms with Gasteiger partial charge in [-0.25, -0.2) is 4.79 Å². The summed E-state index contributed by atoms with van der Waals surface area (Å²) in [5.74, 6) is 2.76. The maximum absolute atomic E-state index is 12.5. The molecule has 0 atom stereocenters. The lowest BCUT2D eigenvalue weighted by atomic mass is 9.53. The van der Waals surface area contributed by atoms with Crippen LogP contribution in [0.1, 0.15) is 38.5 Å². The van der Waals surface area contributed by atoms with Crippen molar-refractivity contribution in [1.82, 2.24) is 20.8 Å². The Labute approximate surface area is 195 Å². The quantitative estimate of drug-likeness (QED) is 0.518. The van der Waals surface area contributed by atoms with E-state index in [1.54, 1.807) is 7.11 Å². The summed E-state index contributed by atoms with van der Waals surface area (Å²) in [4.78, 5) is 24.8. The number of ether oxygens (including phenoxy) is 1. The van der Waals surface area contributed by atoms with E-state index >= 15 is 0 Å². The molecule has 170 valence electrons. The van der Waals surface area contributed by atoms with Gasteiger partial charge < -0.3 is 15.4 Å². The van der Waals surface area contributed by atoms with Crippen molar-refractivity contribution < 1.29 is 14.3 Å². The molecule has 0 spiro atoms. The third-order valence-electron chi connectivity index (χ3n) is 6.72. The van der Waals surface area contributed by atoms with Crippen molar-refractivity contribution in [3.8, 4) is 5.75 Å². The number of nitrogens with one attached hydrogen (secondary N) is 3. The number of nitrogens with zero attached hydrogens (tertiary/aromatic N) is 2. The number of carbonyl (C=O) groups is 2. The Morgan fingerprint density at radius 2 is 1.88 bits per heavy atom. The third kappa shape index (κ3) is 4.85. The minimum absolute atomic E-state index is 0.105. The van der Waals surface area contributed by atoms with Crippen LogP contribution in [-0.4, -0.2) is 40.5 Å². The SMILES string of the molecule is COc1cccc(Nc2nnc(SCC(=O)NC(=O)NC34CC5CC(CC(C5)C3)C4)s2)c1. The molecule has 1 aromatic heterocycles. The number of methoxy groups -OCH3 is 1. The van der Waals surface area contributed by atoms with Gasteiger partial charge in [0.15, 0.2) is 4.34 Å². The highest BCUT2D eigenvalue weighted by Crippen LogP contribution is 2.55. The van der Waals surface area contributed by atoms with Crippen LogP contribution < -0.4 is 20.7 Å². The summed E-state index contributed by atoms with van der Waals surface area (Å²) in [5, 5.41) is 17.7. The first-order valence-electron chi connectivity index (χ1n) is 11.0. The van der Waals surface area contributed by atoms with E-state index in [1.165, 1.54) is 42.4 Å². The first-order chi connectivity index (χ1) is 15.5. The van der Waals surface area contributed by atoms with E-state index in [0.29, 0.717) is 9.47 Å². The normalized spacial score (nSPS) is 27.7. The predicted molar refractivity (Wildman–Crippen MR) is 124 cm³/mol.